The van der Waals surface area contributed by atoms with Crippen molar-refractivity contribution in [1.29, 1.82) is 0 Å². The van der Waals surface area contributed by atoms with Crippen LogP contribution in [0.1, 0.15) is 24.0 Å². The quantitative estimate of drug-likeness (QED) is 0.528. The molecule has 6 heteroatoms. The van der Waals surface area contributed by atoms with E-state index in [0.29, 0.717) is 28.8 Å². The number of hydrogen-bond acceptors (Lipinski definition) is 4. The van der Waals surface area contributed by atoms with E-state index in [1.807, 2.05) is 37.3 Å². The Morgan fingerprint density at radius 3 is 2.59 bits per heavy atom. The molecule has 0 fully saturated rings. The highest BCUT2D eigenvalue weighted by atomic mass is 35.5. The lowest BCUT2D eigenvalue weighted by molar-refractivity contribution is -0.113. The normalized spacial score (nSPS) is 10.5. The van der Waals surface area contributed by atoms with Crippen molar-refractivity contribution in [1.82, 2.24) is 0 Å². The average Bonchev–Trinajstić information content (AvgIpc) is 2.65. The third kappa shape index (κ3) is 7.35. The maximum absolute atomic E-state index is 12.1. The zero-order valence-corrected chi connectivity index (χ0v) is 17.6. The number of unbranched alkanes of at least 4 members (excludes halogenated alkanes) is 1. The molecule has 1 amide bonds. The van der Waals surface area contributed by atoms with Gasteiger partial charge in [0.05, 0.1) is 25.2 Å². The fourth-order valence-corrected chi connectivity index (χ4v) is 3.38. The van der Waals surface area contributed by atoms with Crippen molar-refractivity contribution in [2.24, 2.45) is 0 Å². The summed E-state index contributed by atoms with van der Waals surface area (Å²) in [6.45, 7) is 4.64. The lowest BCUT2D eigenvalue weighted by atomic mass is 10.2. The largest absolute Gasteiger partial charge is 0.495 e. The third-order valence-electron chi connectivity index (χ3n) is 3.96. The van der Waals surface area contributed by atoms with Crippen molar-refractivity contribution in [3.05, 3.63) is 52.5 Å². The molecule has 146 valence electrons. The predicted molar refractivity (Wildman–Crippen MR) is 115 cm³/mol. The minimum atomic E-state index is -0.0454. The molecule has 0 aliphatic carbocycles. The second kappa shape index (κ2) is 11.1. The summed E-state index contributed by atoms with van der Waals surface area (Å²) in [5.41, 5.74) is 2.77. The molecule has 0 spiro atoms. The van der Waals surface area contributed by atoms with Gasteiger partial charge in [-0.25, -0.2) is 0 Å². The second-order valence-electron chi connectivity index (χ2n) is 6.27. The molecule has 4 nitrogen and oxygen atoms in total. The highest BCUT2D eigenvalue weighted by molar-refractivity contribution is 7.99. The van der Waals surface area contributed by atoms with Crippen LogP contribution in [0.2, 0.25) is 5.02 Å². The molecule has 0 aliphatic rings. The number of carbonyl (C=O) groups excluding carboxylic acids is 1. The molecule has 0 bridgehead atoms. The number of rotatable bonds is 10. The summed E-state index contributed by atoms with van der Waals surface area (Å²) in [4.78, 5) is 12.1. The van der Waals surface area contributed by atoms with E-state index < -0.39 is 0 Å². The Bertz CT molecular complexity index is 750. The van der Waals surface area contributed by atoms with Gasteiger partial charge in [-0.1, -0.05) is 29.3 Å². The van der Waals surface area contributed by atoms with Gasteiger partial charge in [0.1, 0.15) is 11.5 Å². The van der Waals surface area contributed by atoms with Crippen LogP contribution in [-0.2, 0) is 4.79 Å². The second-order valence-corrected chi connectivity index (χ2v) is 7.78. The molecule has 2 rings (SSSR count). The number of benzene rings is 2. The number of amides is 1. The van der Waals surface area contributed by atoms with Crippen molar-refractivity contribution >= 4 is 35.0 Å². The highest BCUT2D eigenvalue weighted by Gasteiger charge is 2.10. The number of carbonyl (C=O) groups is 1. The first-order valence-corrected chi connectivity index (χ1v) is 10.4. The first-order valence-electron chi connectivity index (χ1n) is 8.91. The van der Waals surface area contributed by atoms with Gasteiger partial charge in [-0.05, 0) is 56.2 Å². The molecular formula is C21H26ClNO3S. The Labute approximate surface area is 170 Å². The van der Waals surface area contributed by atoms with Gasteiger partial charge < -0.3 is 14.8 Å². The van der Waals surface area contributed by atoms with E-state index in [2.05, 4.69) is 12.2 Å². The topological polar surface area (TPSA) is 47.6 Å². The summed E-state index contributed by atoms with van der Waals surface area (Å²) in [5, 5.41) is 3.51. The standard InChI is InChI=1S/C21H26ClNO3S/c1-15-6-8-17(9-7-15)26-10-4-5-11-27-14-21(24)23-19-12-16(2)18(22)13-20(19)25-3/h6-9,12-13H,4-5,10-11,14H2,1-3H3,(H,23,24). The lowest BCUT2D eigenvalue weighted by Gasteiger charge is -2.12. The summed E-state index contributed by atoms with van der Waals surface area (Å²) < 4.78 is 11.0. The first kappa shape index (κ1) is 21.5. The van der Waals surface area contributed by atoms with Gasteiger partial charge >= 0.3 is 0 Å². The van der Waals surface area contributed by atoms with E-state index >= 15 is 0 Å². The van der Waals surface area contributed by atoms with Crippen LogP contribution in [-0.4, -0.2) is 31.1 Å². The van der Waals surface area contributed by atoms with Gasteiger partial charge in [0, 0.05) is 11.1 Å². The maximum atomic E-state index is 12.1. The summed E-state index contributed by atoms with van der Waals surface area (Å²) in [5.74, 6) is 2.75. The summed E-state index contributed by atoms with van der Waals surface area (Å²) >= 11 is 7.70. The zero-order chi connectivity index (χ0) is 19.6. The molecule has 0 saturated carbocycles. The maximum Gasteiger partial charge on any atom is 0.234 e. The SMILES string of the molecule is COc1cc(Cl)c(C)cc1NC(=O)CSCCCCOc1ccc(C)cc1. The molecule has 0 unspecified atom stereocenters. The van der Waals surface area contributed by atoms with Crippen LogP contribution in [0.5, 0.6) is 11.5 Å². The fourth-order valence-electron chi connectivity index (χ4n) is 2.41. The minimum absolute atomic E-state index is 0.0454. The molecule has 27 heavy (non-hydrogen) atoms. The summed E-state index contributed by atoms with van der Waals surface area (Å²) in [7, 11) is 1.56. The van der Waals surface area contributed by atoms with Gasteiger partial charge in [-0.2, -0.15) is 11.8 Å². The molecule has 0 aromatic heterocycles. The lowest BCUT2D eigenvalue weighted by Crippen LogP contribution is -2.15. The fraction of sp³-hybridized carbons (Fsp3) is 0.381. The smallest absolute Gasteiger partial charge is 0.234 e. The van der Waals surface area contributed by atoms with Gasteiger partial charge in [-0.3, -0.25) is 4.79 Å². The molecule has 2 aromatic rings. The van der Waals surface area contributed by atoms with E-state index in [1.165, 1.54) is 5.56 Å². The molecule has 0 aliphatic heterocycles. The predicted octanol–water partition coefficient (Wildman–Crippen LogP) is 5.50. The van der Waals surface area contributed by atoms with Crippen LogP contribution in [0, 0.1) is 13.8 Å². The zero-order valence-electron chi connectivity index (χ0n) is 16.0. The number of halogens is 1. The van der Waals surface area contributed by atoms with Crippen molar-refractivity contribution < 1.29 is 14.3 Å². The summed E-state index contributed by atoms with van der Waals surface area (Å²) in [6, 6.07) is 11.6. The number of methoxy groups -OCH3 is 1. The molecule has 0 atom stereocenters. The Balaban J connectivity index is 1.62. The van der Waals surface area contributed by atoms with Gasteiger partial charge in [-0.15, -0.1) is 0 Å². The van der Waals surface area contributed by atoms with Crippen LogP contribution in [0.4, 0.5) is 5.69 Å². The van der Waals surface area contributed by atoms with Crippen LogP contribution >= 0.6 is 23.4 Å². The number of ether oxygens (including phenoxy) is 2. The van der Waals surface area contributed by atoms with Crippen LogP contribution in [0.15, 0.2) is 36.4 Å². The molecule has 0 heterocycles. The van der Waals surface area contributed by atoms with Crippen LogP contribution in [0.3, 0.4) is 0 Å². The van der Waals surface area contributed by atoms with Crippen molar-refractivity contribution in [3.63, 3.8) is 0 Å². The molecule has 0 saturated heterocycles. The van der Waals surface area contributed by atoms with E-state index in [1.54, 1.807) is 24.9 Å². The van der Waals surface area contributed by atoms with Crippen molar-refractivity contribution in [3.8, 4) is 11.5 Å². The Kier molecular flexibility index (Phi) is 8.82. The molecular weight excluding hydrogens is 382 g/mol. The van der Waals surface area contributed by atoms with E-state index in [0.717, 1.165) is 29.9 Å². The minimum Gasteiger partial charge on any atom is -0.495 e. The van der Waals surface area contributed by atoms with E-state index in [-0.39, 0.29) is 5.91 Å². The van der Waals surface area contributed by atoms with Crippen molar-refractivity contribution in [2.75, 3.05) is 30.5 Å². The number of nitrogens with one attached hydrogen (secondary N) is 1. The molecule has 0 radical (unpaired) electrons. The third-order valence-corrected chi connectivity index (χ3v) is 5.41. The van der Waals surface area contributed by atoms with Crippen LogP contribution < -0.4 is 14.8 Å². The summed E-state index contributed by atoms with van der Waals surface area (Å²) in [6.07, 6.45) is 1.97. The average molecular weight is 408 g/mol. The molecule has 2 aromatic carbocycles. The van der Waals surface area contributed by atoms with Crippen molar-refractivity contribution in [2.45, 2.75) is 26.7 Å². The highest BCUT2D eigenvalue weighted by Crippen LogP contribution is 2.31. The number of thioether (sulfide) groups is 1. The van der Waals surface area contributed by atoms with E-state index in [9.17, 15) is 4.79 Å². The van der Waals surface area contributed by atoms with Crippen LogP contribution in [0.25, 0.3) is 0 Å². The number of hydrogen-bond donors (Lipinski definition) is 1. The first-order chi connectivity index (χ1) is 13.0. The Morgan fingerprint density at radius 1 is 1.15 bits per heavy atom. The molecule has 1 N–H and O–H groups in total. The number of aryl methyl sites for hydroxylation is 2. The van der Waals surface area contributed by atoms with Gasteiger partial charge in [0.2, 0.25) is 5.91 Å². The van der Waals surface area contributed by atoms with E-state index in [4.69, 9.17) is 21.1 Å². The monoisotopic (exact) mass is 407 g/mol. The van der Waals surface area contributed by atoms with Gasteiger partial charge in [0.25, 0.3) is 0 Å². The Hall–Kier alpha value is -1.85. The van der Waals surface area contributed by atoms with Gasteiger partial charge in [0.15, 0.2) is 0 Å². The number of anilines is 1. The Morgan fingerprint density at radius 2 is 1.89 bits per heavy atom.